The monoisotopic (exact) mass is 395 g/mol. The van der Waals surface area contributed by atoms with E-state index in [9.17, 15) is 8.76 Å². The van der Waals surface area contributed by atoms with Gasteiger partial charge in [-0.25, -0.2) is 8.93 Å². The molecule has 0 spiro atoms. The lowest BCUT2D eigenvalue weighted by Gasteiger charge is -2.27. The SMILES string of the molecule is CCCCCCCCCCCCC(CCC)C(NS(=O)O)c1ccccc1. The second-order valence-electron chi connectivity index (χ2n) is 7.77. The van der Waals surface area contributed by atoms with E-state index in [-0.39, 0.29) is 6.04 Å². The molecule has 0 aromatic heterocycles. The minimum Gasteiger partial charge on any atom is -0.294 e. The lowest BCUT2D eigenvalue weighted by atomic mass is 9.86. The van der Waals surface area contributed by atoms with Gasteiger partial charge < -0.3 is 0 Å². The van der Waals surface area contributed by atoms with Crippen LogP contribution in [0.4, 0.5) is 0 Å². The third kappa shape index (κ3) is 11.7. The number of benzene rings is 1. The summed E-state index contributed by atoms with van der Waals surface area (Å²) in [6.45, 7) is 4.46. The zero-order chi connectivity index (χ0) is 19.7. The molecule has 3 unspecified atom stereocenters. The van der Waals surface area contributed by atoms with Gasteiger partial charge in [0.05, 0.1) is 0 Å². The molecular formula is C23H41NO2S. The Morgan fingerprint density at radius 3 is 1.89 bits per heavy atom. The van der Waals surface area contributed by atoms with Crippen molar-refractivity contribution in [3.05, 3.63) is 35.9 Å². The van der Waals surface area contributed by atoms with Crippen LogP contribution in [-0.4, -0.2) is 8.76 Å². The lowest BCUT2D eigenvalue weighted by molar-refractivity contribution is 0.335. The fraction of sp³-hybridized carbons (Fsp3) is 0.739. The Labute approximate surface area is 170 Å². The summed E-state index contributed by atoms with van der Waals surface area (Å²) in [7, 11) is 0. The van der Waals surface area contributed by atoms with Gasteiger partial charge in [0, 0.05) is 6.04 Å². The molecule has 0 radical (unpaired) electrons. The largest absolute Gasteiger partial charge is 0.294 e. The maximum Gasteiger partial charge on any atom is 0.232 e. The second-order valence-corrected chi connectivity index (χ2v) is 8.51. The molecule has 0 heterocycles. The fourth-order valence-electron chi connectivity index (χ4n) is 3.95. The van der Waals surface area contributed by atoms with Gasteiger partial charge in [-0.15, -0.1) is 0 Å². The van der Waals surface area contributed by atoms with Crippen molar-refractivity contribution in [1.82, 2.24) is 4.72 Å². The highest BCUT2D eigenvalue weighted by atomic mass is 32.2. The Morgan fingerprint density at radius 1 is 0.815 bits per heavy atom. The van der Waals surface area contributed by atoms with Crippen LogP contribution in [0.15, 0.2) is 30.3 Å². The van der Waals surface area contributed by atoms with E-state index in [0.29, 0.717) is 5.92 Å². The number of rotatable bonds is 17. The Kier molecular flexibility index (Phi) is 14.7. The average molecular weight is 396 g/mol. The van der Waals surface area contributed by atoms with Gasteiger partial charge in [0.2, 0.25) is 11.3 Å². The van der Waals surface area contributed by atoms with Crippen molar-refractivity contribution < 1.29 is 8.76 Å². The minimum absolute atomic E-state index is 0.0458. The van der Waals surface area contributed by atoms with E-state index in [1.165, 1.54) is 64.2 Å². The van der Waals surface area contributed by atoms with Crippen LogP contribution in [-0.2, 0) is 11.3 Å². The smallest absolute Gasteiger partial charge is 0.232 e. The zero-order valence-corrected chi connectivity index (χ0v) is 18.3. The second kappa shape index (κ2) is 16.3. The first kappa shape index (κ1) is 24.3. The molecule has 2 N–H and O–H groups in total. The van der Waals surface area contributed by atoms with Crippen LogP contribution in [0.3, 0.4) is 0 Å². The van der Waals surface area contributed by atoms with E-state index in [1.54, 1.807) is 0 Å². The van der Waals surface area contributed by atoms with Crippen molar-refractivity contribution in [2.45, 2.75) is 103 Å². The molecule has 1 rings (SSSR count). The highest BCUT2D eigenvalue weighted by Crippen LogP contribution is 2.30. The number of hydrogen-bond donors (Lipinski definition) is 2. The normalized spacial score (nSPS) is 14.8. The van der Waals surface area contributed by atoms with Gasteiger partial charge in [-0.2, -0.15) is 0 Å². The van der Waals surface area contributed by atoms with Crippen molar-refractivity contribution in [3.8, 4) is 0 Å². The predicted molar refractivity (Wildman–Crippen MR) is 118 cm³/mol. The average Bonchev–Trinajstić information content (AvgIpc) is 2.67. The number of nitrogens with one attached hydrogen (secondary N) is 1. The number of unbranched alkanes of at least 4 members (excludes halogenated alkanes) is 9. The third-order valence-corrected chi connectivity index (χ3v) is 5.90. The molecule has 0 aliphatic rings. The molecule has 1 aromatic rings. The van der Waals surface area contributed by atoms with E-state index >= 15 is 0 Å². The first-order valence-corrected chi connectivity index (χ1v) is 12.2. The Hall–Kier alpha value is -0.710. The van der Waals surface area contributed by atoms with Gasteiger partial charge >= 0.3 is 0 Å². The van der Waals surface area contributed by atoms with Crippen molar-refractivity contribution in [1.29, 1.82) is 0 Å². The summed E-state index contributed by atoms with van der Waals surface area (Å²) in [5, 5.41) is 0. The minimum atomic E-state index is -1.99. The molecule has 4 heteroatoms. The Bertz CT molecular complexity index is 481. The van der Waals surface area contributed by atoms with Crippen molar-refractivity contribution in [2.24, 2.45) is 5.92 Å². The van der Waals surface area contributed by atoms with Crippen LogP contribution in [0.1, 0.15) is 109 Å². The van der Waals surface area contributed by atoms with Crippen molar-refractivity contribution >= 4 is 11.3 Å². The standard InChI is InChI=1S/C23H41NO2S/c1-3-5-6-7-8-9-10-11-12-14-18-21(17-4-2)23(24-27(25)26)22-19-15-13-16-20-22/h13,15-16,19-21,23-24H,3-12,14,17-18H2,1-2H3,(H,25,26). The Morgan fingerprint density at radius 2 is 1.37 bits per heavy atom. The summed E-state index contributed by atoms with van der Waals surface area (Å²) < 4.78 is 23.7. The molecule has 0 aliphatic heterocycles. The Balaban J connectivity index is 2.37. The first-order valence-electron chi connectivity index (χ1n) is 11.1. The third-order valence-electron chi connectivity index (χ3n) is 5.45. The molecule has 0 saturated carbocycles. The molecule has 0 bridgehead atoms. The van der Waals surface area contributed by atoms with Crippen LogP contribution in [0.5, 0.6) is 0 Å². The van der Waals surface area contributed by atoms with Crippen LogP contribution < -0.4 is 4.72 Å². The predicted octanol–water partition coefficient (Wildman–Crippen LogP) is 7.18. The van der Waals surface area contributed by atoms with Gasteiger partial charge in [-0.1, -0.05) is 115 Å². The van der Waals surface area contributed by atoms with Crippen LogP contribution in [0.2, 0.25) is 0 Å². The zero-order valence-electron chi connectivity index (χ0n) is 17.5. The molecule has 156 valence electrons. The van der Waals surface area contributed by atoms with Crippen LogP contribution in [0, 0.1) is 5.92 Å². The van der Waals surface area contributed by atoms with Gasteiger partial charge in [0.25, 0.3) is 0 Å². The van der Waals surface area contributed by atoms with E-state index in [1.807, 2.05) is 18.2 Å². The first-order chi connectivity index (χ1) is 13.2. The van der Waals surface area contributed by atoms with E-state index in [4.69, 9.17) is 0 Å². The fourth-order valence-corrected chi connectivity index (χ4v) is 4.49. The topological polar surface area (TPSA) is 49.3 Å². The van der Waals surface area contributed by atoms with Crippen LogP contribution in [0.25, 0.3) is 0 Å². The summed E-state index contributed by atoms with van der Waals surface area (Å²) in [6.07, 6.45) is 16.7. The van der Waals surface area contributed by atoms with Crippen molar-refractivity contribution in [3.63, 3.8) is 0 Å². The molecule has 1 aromatic carbocycles. The lowest BCUT2D eigenvalue weighted by Crippen LogP contribution is -2.29. The summed E-state index contributed by atoms with van der Waals surface area (Å²) in [6, 6.07) is 10.1. The van der Waals surface area contributed by atoms with Gasteiger partial charge in [-0.3, -0.25) is 4.55 Å². The molecule has 3 nitrogen and oxygen atoms in total. The summed E-state index contributed by atoms with van der Waals surface area (Å²) in [5.41, 5.74) is 1.12. The van der Waals surface area contributed by atoms with Gasteiger partial charge in [0.15, 0.2) is 0 Å². The summed E-state index contributed by atoms with van der Waals surface area (Å²) in [4.78, 5) is 0. The summed E-state index contributed by atoms with van der Waals surface area (Å²) >= 11 is -1.99. The molecule has 3 atom stereocenters. The highest BCUT2D eigenvalue weighted by molar-refractivity contribution is 7.77. The number of hydrogen-bond acceptors (Lipinski definition) is 1. The maximum absolute atomic E-state index is 11.4. The summed E-state index contributed by atoms with van der Waals surface area (Å²) in [5.74, 6) is 0.405. The molecule has 0 fully saturated rings. The molecule has 0 amide bonds. The molecule has 0 aliphatic carbocycles. The maximum atomic E-state index is 11.4. The highest BCUT2D eigenvalue weighted by Gasteiger charge is 2.23. The van der Waals surface area contributed by atoms with Gasteiger partial charge in [0.1, 0.15) is 0 Å². The quantitative estimate of drug-likeness (QED) is 0.217. The van der Waals surface area contributed by atoms with E-state index in [2.05, 4.69) is 30.7 Å². The van der Waals surface area contributed by atoms with Gasteiger partial charge in [-0.05, 0) is 24.3 Å². The molecular weight excluding hydrogens is 354 g/mol. The van der Waals surface area contributed by atoms with E-state index < -0.39 is 11.3 Å². The van der Waals surface area contributed by atoms with E-state index in [0.717, 1.165) is 24.8 Å². The van der Waals surface area contributed by atoms with Crippen molar-refractivity contribution in [2.75, 3.05) is 0 Å². The molecule has 0 saturated heterocycles. The van der Waals surface area contributed by atoms with Crippen LogP contribution >= 0.6 is 0 Å². The molecule has 27 heavy (non-hydrogen) atoms.